The average molecular weight is 319 g/mol. The summed E-state index contributed by atoms with van der Waals surface area (Å²) < 4.78 is 11.1. The van der Waals surface area contributed by atoms with Crippen LogP contribution in [0.4, 0.5) is 0 Å². The van der Waals surface area contributed by atoms with Crippen LogP contribution in [0.15, 0.2) is 21.3 Å². The van der Waals surface area contributed by atoms with Gasteiger partial charge in [0.25, 0.3) is 0 Å². The molecule has 4 heterocycles. The first-order valence-electron chi connectivity index (χ1n) is 7.35. The molecule has 0 bridgehead atoms. The van der Waals surface area contributed by atoms with E-state index in [1.165, 1.54) is 0 Å². The molecule has 22 heavy (non-hydrogen) atoms. The van der Waals surface area contributed by atoms with E-state index in [1.54, 1.807) is 11.3 Å². The third-order valence-electron chi connectivity index (χ3n) is 4.62. The molecule has 0 spiro atoms. The van der Waals surface area contributed by atoms with Crippen molar-refractivity contribution in [1.29, 1.82) is 0 Å². The summed E-state index contributed by atoms with van der Waals surface area (Å²) in [5, 5.41) is 7.92. The lowest BCUT2D eigenvalue weighted by atomic mass is 9.81. The van der Waals surface area contributed by atoms with Crippen LogP contribution in [-0.4, -0.2) is 47.3 Å². The van der Waals surface area contributed by atoms with Gasteiger partial charge in [-0.05, 0) is 29.3 Å². The van der Waals surface area contributed by atoms with Crippen LogP contribution in [0.2, 0.25) is 0 Å². The fourth-order valence-electron chi connectivity index (χ4n) is 3.41. The number of carbonyl (C=O) groups excluding carboxylic acids is 1. The highest BCUT2D eigenvalue weighted by molar-refractivity contribution is 7.07. The average Bonchev–Trinajstić information content (AvgIpc) is 3.19. The molecule has 2 atom stereocenters. The van der Waals surface area contributed by atoms with Crippen molar-refractivity contribution in [2.75, 3.05) is 26.3 Å². The van der Waals surface area contributed by atoms with Crippen LogP contribution >= 0.6 is 11.3 Å². The van der Waals surface area contributed by atoms with Crippen molar-refractivity contribution in [3.05, 3.63) is 34.1 Å². The van der Waals surface area contributed by atoms with Crippen molar-refractivity contribution < 1.29 is 14.1 Å². The number of hydrogen-bond acceptors (Lipinski definition) is 6. The number of ether oxygens (including phenoxy) is 1. The minimum Gasteiger partial charge on any atom is -0.380 e. The zero-order valence-corrected chi connectivity index (χ0v) is 13.1. The molecule has 2 aromatic rings. The van der Waals surface area contributed by atoms with Gasteiger partial charge in [-0.3, -0.25) is 4.79 Å². The lowest BCUT2D eigenvalue weighted by Gasteiger charge is -2.22. The van der Waals surface area contributed by atoms with Gasteiger partial charge in [0.2, 0.25) is 11.8 Å². The van der Waals surface area contributed by atoms with Gasteiger partial charge < -0.3 is 14.2 Å². The molecule has 0 radical (unpaired) electrons. The summed E-state index contributed by atoms with van der Waals surface area (Å²) >= 11 is 1.62. The summed E-state index contributed by atoms with van der Waals surface area (Å²) in [7, 11) is 0. The van der Waals surface area contributed by atoms with Crippen LogP contribution in [-0.2, 0) is 21.4 Å². The third kappa shape index (κ3) is 2.16. The van der Waals surface area contributed by atoms with E-state index < -0.39 is 0 Å². The lowest BCUT2D eigenvalue weighted by molar-refractivity contribution is -0.130. The number of likely N-dealkylation sites (tertiary alicyclic amines) is 1. The molecule has 0 aromatic carbocycles. The van der Waals surface area contributed by atoms with Crippen molar-refractivity contribution in [3.63, 3.8) is 0 Å². The molecule has 2 aliphatic heterocycles. The molecule has 0 aliphatic carbocycles. The van der Waals surface area contributed by atoms with Crippen molar-refractivity contribution in [3.8, 4) is 0 Å². The lowest BCUT2D eigenvalue weighted by Crippen LogP contribution is -2.38. The molecule has 0 unspecified atom stereocenters. The summed E-state index contributed by atoms with van der Waals surface area (Å²) in [6, 6.07) is 2.00. The zero-order valence-electron chi connectivity index (χ0n) is 12.3. The topological polar surface area (TPSA) is 68.5 Å². The molecule has 2 saturated heterocycles. The molecule has 2 aliphatic rings. The number of rotatable bonds is 3. The number of amides is 1. The normalized spacial score (nSPS) is 27.3. The second-order valence-corrected chi connectivity index (χ2v) is 6.88. The summed E-state index contributed by atoms with van der Waals surface area (Å²) in [6.07, 6.45) is 0.454. The van der Waals surface area contributed by atoms with Crippen LogP contribution in [0.5, 0.6) is 0 Å². The standard InChI is InChI=1S/C15H17N3O3S/c1-10-16-14(21-17-10)15-8-18(5-12(15)6-20-9-15)13(19)4-11-2-3-22-7-11/h2-3,7,12H,4-6,8-9H2,1H3/t12-,15-/m0/s1. The Kier molecular flexibility index (Phi) is 3.27. The summed E-state index contributed by atoms with van der Waals surface area (Å²) in [4.78, 5) is 18.9. The van der Waals surface area contributed by atoms with Gasteiger partial charge >= 0.3 is 0 Å². The molecule has 2 aromatic heterocycles. The quantitative estimate of drug-likeness (QED) is 0.855. The molecule has 116 valence electrons. The van der Waals surface area contributed by atoms with Gasteiger partial charge in [-0.25, -0.2) is 0 Å². The number of fused-ring (bicyclic) bond motifs is 1. The van der Waals surface area contributed by atoms with E-state index in [-0.39, 0.29) is 17.2 Å². The molecule has 0 saturated carbocycles. The predicted octanol–water partition coefficient (Wildman–Crippen LogP) is 1.41. The van der Waals surface area contributed by atoms with Crippen LogP contribution < -0.4 is 0 Å². The summed E-state index contributed by atoms with van der Waals surface area (Å²) in [5.74, 6) is 1.62. The van der Waals surface area contributed by atoms with Crippen LogP contribution in [0.1, 0.15) is 17.3 Å². The van der Waals surface area contributed by atoms with E-state index in [0.29, 0.717) is 44.4 Å². The van der Waals surface area contributed by atoms with E-state index in [0.717, 1.165) is 5.56 Å². The minimum atomic E-state index is -0.328. The Bertz CT molecular complexity index is 684. The van der Waals surface area contributed by atoms with Crippen LogP contribution in [0.3, 0.4) is 0 Å². The highest BCUT2D eigenvalue weighted by atomic mass is 32.1. The maximum Gasteiger partial charge on any atom is 0.237 e. The van der Waals surface area contributed by atoms with Crippen LogP contribution in [0.25, 0.3) is 0 Å². The first kappa shape index (κ1) is 13.9. The highest BCUT2D eigenvalue weighted by Gasteiger charge is 2.56. The first-order valence-corrected chi connectivity index (χ1v) is 8.29. The molecule has 6 nitrogen and oxygen atoms in total. The Morgan fingerprint density at radius 1 is 1.59 bits per heavy atom. The fraction of sp³-hybridized carbons (Fsp3) is 0.533. The summed E-state index contributed by atoms with van der Waals surface area (Å²) in [5.41, 5.74) is 0.747. The second kappa shape index (κ2) is 5.17. The van der Waals surface area contributed by atoms with E-state index >= 15 is 0 Å². The third-order valence-corrected chi connectivity index (χ3v) is 5.35. The molecular weight excluding hydrogens is 302 g/mol. The van der Waals surface area contributed by atoms with E-state index in [4.69, 9.17) is 9.26 Å². The fourth-order valence-corrected chi connectivity index (χ4v) is 4.08. The van der Waals surface area contributed by atoms with Crippen molar-refractivity contribution in [2.24, 2.45) is 5.92 Å². The van der Waals surface area contributed by atoms with E-state index in [1.807, 2.05) is 28.7 Å². The van der Waals surface area contributed by atoms with Gasteiger partial charge in [-0.1, -0.05) is 5.16 Å². The second-order valence-electron chi connectivity index (χ2n) is 6.10. The molecule has 7 heteroatoms. The van der Waals surface area contributed by atoms with Crippen molar-refractivity contribution >= 4 is 17.2 Å². The Balaban J connectivity index is 1.55. The maximum atomic E-state index is 12.5. The predicted molar refractivity (Wildman–Crippen MR) is 79.6 cm³/mol. The van der Waals surface area contributed by atoms with Gasteiger partial charge in [0.05, 0.1) is 25.0 Å². The SMILES string of the molecule is Cc1noc([C@@]23COC[C@@H]2CN(C(=O)Cc2ccsc2)C3)n1. The Morgan fingerprint density at radius 3 is 3.23 bits per heavy atom. The number of nitrogens with zero attached hydrogens (tertiary/aromatic N) is 3. The molecular formula is C15H17N3O3S. The first-order chi connectivity index (χ1) is 10.7. The van der Waals surface area contributed by atoms with E-state index in [2.05, 4.69) is 10.1 Å². The number of aryl methyl sites for hydroxylation is 1. The Labute approximate surface area is 132 Å². The van der Waals surface area contributed by atoms with E-state index in [9.17, 15) is 4.79 Å². The van der Waals surface area contributed by atoms with Gasteiger partial charge in [-0.2, -0.15) is 16.3 Å². The number of hydrogen-bond donors (Lipinski definition) is 0. The van der Waals surface area contributed by atoms with Gasteiger partial charge in [0.1, 0.15) is 0 Å². The number of thiophene rings is 1. The molecule has 0 N–H and O–H groups in total. The molecule has 1 amide bonds. The van der Waals surface area contributed by atoms with Gasteiger partial charge in [0, 0.05) is 19.0 Å². The smallest absolute Gasteiger partial charge is 0.237 e. The van der Waals surface area contributed by atoms with Gasteiger partial charge in [0.15, 0.2) is 5.82 Å². The monoisotopic (exact) mass is 319 g/mol. The zero-order chi connectivity index (χ0) is 15.2. The minimum absolute atomic E-state index is 0.156. The number of carbonyl (C=O) groups is 1. The van der Waals surface area contributed by atoms with Gasteiger partial charge in [-0.15, -0.1) is 0 Å². The van der Waals surface area contributed by atoms with Crippen molar-refractivity contribution in [2.45, 2.75) is 18.8 Å². The molecule has 2 fully saturated rings. The maximum absolute atomic E-state index is 12.5. The number of aromatic nitrogens is 2. The summed E-state index contributed by atoms with van der Waals surface area (Å²) in [6.45, 7) is 4.29. The highest BCUT2D eigenvalue weighted by Crippen LogP contribution is 2.43. The Hall–Kier alpha value is -1.73. The van der Waals surface area contributed by atoms with Crippen molar-refractivity contribution in [1.82, 2.24) is 15.0 Å². The Morgan fingerprint density at radius 2 is 2.50 bits per heavy atom. The van der Waals surface area contributed by atoms with Crippen LogP contribution in [0, 0.1) is 12.8 Å². The molecule has 4 rings (SSSR count). The largest absolute Gasteiger partial charge is 0.380 e.